The number of benzene rings is 1. The van der Waals surface area contributed by atoms with Crippen LogP contribution in [0.15, 0.2) is 24.3 Å². The summed E-state index contributed by atoms with van der Waals surface area (Å²) in [7, 11) is 0. The monoisotopic (exact) mass is 291 g/mol. The highest BCUT2D eigenvalue weighted by Gasteiger charge is 2.29. The predicted molar refractivity (Wildman–Crippen MR) is 81.5 cm³/mol. The minimum Gasteiger partial charge on any atom is -0.352 e. The molecular weight excluding hydrogens is 274 g/mol. The lowest BCUT2D eigenvalue weighted by atomic mass is 10.2. The molecule has 106 valence electrons. The summed E-state index contributed by atoms with van der Waals surface area (Å²) in [6.45, 7) is 2.44. The molecule has 0 atom stereocenters. The maximum atomic E-state index is 11.7. The first-order chi connectivity index (χ1) is 9.60. The Morgan fingerprint density at radius 1 is 1.35 bits per heavy atom. The average molecular weight is 291 g/mol. The molecule has 1 saturated carbocycles. The molecule has 0 bridgehead atoms. The molecule has 2 amide bonds. The predicted octanol–water partition coefficient (Wildman–Crippen LogP) is 1.66. The summed E-state index contributed by atoms with van der Waals surface area (Å²) in [5.41, 5.74) is 1.23. The Labute approximate surface area is 123 Å². The lowest BCUT2D eigenvalue weighted by molar-refractivity contribution is -0.120. The van der Waals surface area contributed by atoms with Crippen molar-refractivity contribution in [1.82, 2.24) is 10.6 Å². The van der Waals surface area contributed by atoms with Crippen LogP contribution in [0.25, 0.3) is 0 Å². The van der Waals surface area contributed by atoms with E-state index in [0.29, 0.717) is 17.8 Å². The van der Waals surface area contributed by atoms with E-state index in [0.717, 1.165) is 12.8 Å². The van der Waals surface area contributed by atoms with Crippen molar-refractivity contribution in [1.29, 1.82) is 0 Å². The van der Waals surface area contributed by atoms with Crippen molar-refractivity contribution in [2.45, 2.75) is 19.8 Å². The molecule has 20 heavy (non-hydrogen) atoms. The Kier molecular flexibility index (Phi) is 4.68. The van der Waals surface area contributed by atoms with E-state index >= 15 is 0 Å². The molecule has 0 aromatic heterocycles. The van der Waals surface area contributed by atoms with Crippen LogP contribution in [0.4, 0.5) is 5.69 Å². The van der Waals surface area contributed by atoms with Crippen molar-refractivity contribution in [2.24, 2.45) is 5.92 Å². The summed E-state index contributed by atoms with van der Waals surface area (Å²) in [5, 5.41) is 8.55. The van der Waals surface area contributed by atoms with Crippen LogP contribution in [0.3, 0.4) is 0 Å². The zero-order chi connectivity index (χ0) is 14.5. The molecule has 1 aromatic carbocycles. The fourth-order valence-electron chi connectivity index (χ4n) is 1.72. The quantitative estimate of drug-likeness (QED) is 0.738. The van der Waals surface area contributed by atoms with Crippen LogP contribution in [0.2, 0.25) is 0 Å². The highest BCUT2D eigenvalue weighted by atomic mass is 32.1. The van der Waals surface area contributed by atoms with Crippen LogP contribution in [-0.2, 0) is 4.79 Å². The molecule has 5 nitrogen and oxygen atoms in total. The van der Waals surface area contributed by atoms with Gasteiger partial charge in [-0.3, -0.25) is 9.59 Å². The van der Waals surface area contributed by atoms with Gasteiger partial charge in [-0.1, -0.05) is 6.07 Å². The van der Waals surface area contributed by atoms with Crippen LogP contribution in [0.5, 0.6) is 0 Å². The van der Waals surface area contributed by atoms with Gasteiger partial charge in [0.2, 0.25) is 5.91 Å². The van der Waals surface area contributed by atoms with Gasteiger partial charge >= 0.3 is 0 Å². The van der Waals surface area contributed by atoms with Crippen LogP contribution >= 0.6 is 12.2 Å². The van der Waals surface area contributed by atoms with E-state index in [1.165, 1.54) is 0 Å². The molecule has 3 N–H and O–H groups in total. The maximum Gasteiger partial charge on any atom is 0.251 e. The van der Waals surface area contributed by atoms with Crippen LogP contribution in [0.1, 0.15) is 30.1 Å². The minimum absolute atomic E-state index is 0.0395. The minimum atomic E-state index is -0.135. The number of carbonyl (C=O) groups is 2. The normalized spacial score (nSPS) is 13.4. The van der Waals surface area contributed by atoms with Gasteiger partial charge in [0.25, 0.3) is 5.91 Å². The smallest absolute Gasteiger partial charge is 0.251 e. The van der Waals surface area contributed by atoms with Crippen molar-refractivity contribution in [3.63, 3.8) is 0 Å². The Hall–Kier alpha value is -1.95. The van der Waals surface area contributed by atoms with Gasteiger partial charge in [0.05, 0.1) is 0 Å². The number of anilines is 1. The first-order valence-corrected chi connectivity index (χ1v) is 7.01. The van der Waals surface area contributed by atoms with Crippen molar-refractivity contribution in [2.75, 3.05) is 11.9 Å². The summed E-state index contributed by atoms with van der Waals surface area (Å²) in [6, 6.07) is 6.97. The highest BCUT2D eigenvalue weighted by molar-refractivity contribution is 7.80. The number of nitrogens with one attached hydrogen (secondary N) is 3. The molecule has 0 heterocycles. The molecule has 1 aliphatic rings. The summed E-state index contributed by atoms with van der Waals surface area (Å²) < 4.78 is 0. The second kappa shape index (κ2) is 6.47. The molecule has 0 unspecified atom stereocenters. The summed E-state index contributed by atoms with van der Waals surface area (Å²) in [4.78, 5) is 23.3. The molecule has 0 spiro atoms. The third kappa shape index (κ3) is 4.03. The number of thiocarbonyl (C=S) groups is 1. The van der Waals surface area contributed by atoms with E-state index in [9.17, 15) is 9.59 Å². The molecule has 6 heteroatoms. The molecule has 1 aliphatic carbocycles. The van der Waals surface area contributed by atoms with E-state index < -0.39 is 0 Å². The first-order valence-electron chi connectivity index (χ1n) is 6.60. The number of hydrogen-bond donors (Lipinski definition) is 3. The Balaban J connectivity index is 1.94. The van der Waals surface area contributed by atoms with Crippen LogP contribution < -0.4 is 16.0 Å². The van der Waals surface area contributed by atoms with E-state index in [-0.39, 0.29) is 22.8 Å². The summed E-state index contributed by atoms with van der Waals surface area (Å²) in [6.07, 6.45) is 1.86. The Morgan fingerprint density at radius 3 is 2.75 bits per heavy atom. The largest absolute Gasteiger partial charge is 0.352 e. The van der Waals surface area contributed by atoms with Gasteiger partial charge in [-0.15, -0.1) is 0 Å². The third-order valence-corrected chi connectivity index (χ3v) is 3.11. The third-order valence-electron chi connectivity index (χ3n) is 2.90. The van der Waals surface area contributed by atoms with E-state index in [2.05, 4.69) is 16.0 Å². The number of hydrogen-bond acceptors (Lipinski definition) is 3. The van der Waals surface area contributed by atoms with Gasteiger partial charge < -0.3 is 16.0 Å². The zero-order valence-corrected chi connectivity index (χ0v) is 12.0. The second-order valence-corrected chi connectivity index (χ2v) is 5.07. The van der Waals surface area contributed by atoms with Crippen molar-refractivity contribution < 1.29 is 9.59 Å². The van der Waals surface area contributed by atoms with Gasteiger partial charge in [0.15, 0.2) is 5.11 Å². The van der Waals surface area contributed by atoms with Crippen molar-refractivity contribution in [3.8, 4) is 0 Å². The SMILES string of the molecule is CCNC(=O)c1cccc(NC(=S)NC(=O)C2CC2)c1. The number of rotatable bonds is 4. The molecule has 0 radical (unpaired) electrons. The summed E-state index contributed by atoms with van der Waals surface area (Å²) >= 11 is 5.08. The first kappa shape index (κ1) is 14.5. The van der Waals surface area contributed by atoms with Gasteiger partial charge in [0.1, 0.15) is 0 Å². The van der Waals surface area contributed by atoms with E-state index in [1.807, 2.05) is 6.92 Å². The number of amides is 2. The van der Waals surface area contributed by atoms with E-state index in [1.54, 1.807) is 24.3 Å². The van der Waals surface area contributed by atoms with E-state index in [4.69, 9.17) is 12.2 Å². The lowest BCUT2D eigenvalue weighted by Gasteiger charge is -2.10. The lowest BCUT2D eigenvalue weighted by Crippen LogP contribution is -2.35. The Bertz CT molecular complexity index is 541. The van der Waals surface area contributed by atoms with Gasteiger partial charge in [-0.2, -0.15) is 0 Å². The fourth-order valence-corrected chi connectivity index (χ4v) is 1.94. The number of carbonyl (C=O) groups excluding carboxylic acids is 2. The summed E-state index contributed by atoms with van der Waals surface area (Å²) in [5.74, 6) is -0.0668. The maximum absolute atomic E-state index is 11.7. The fraction of sp³-hybridized carbons (Fsp3) is 0.357. The Morgan fingerprint density at radius 2 is 2.10 bits per heavy atom. The van der Waals surface area contributed by atoms with Gasteiger partial charge in [-0.25, -0.2) is 0 Å². The van der Waals surface area contributed by atoms with Gasteiger partial charge in [-0.05, 0) is 50.2 Å². The zero-order valence-electron chi connectivity index (χ0n) is 11.2. The molecule has 0 aliphatic heterocycles. The molecule has 2 rings (SSSR count). The van der Waals surface area contributed by atoms with Crippen molar-refractivity contribution in [3.05, 3.63) is 29.8 Å². The van der Waals surface area contributed by atoms with Crippen molar-refractivity contribution >= 4 is 34.8 Å². The topological polar surface area (TPSA) is 70.2 Å². The molecule has 0 saturated heterocycles. The molecule has 1 aromatic rings. The van der Waals surface area contributed by atoms with Gasteiger partial charge in [0, 0.05) is 23.7 Å². The molecule has 1 fully saturated rings. The second-order valence-electron chi connectivity index (χ2n) is 4.66. The average Bonchev–Trinajstić information content (AvgIpc) is 3.23. The highest BCUT2D eigenvalue weighted by Crippen LogP contribution is 2.28. The van der Waals surface area contributed by atoms with Crippen LogP contribution in [-0.4, -0.2) is 23.5 Å². The molecular formula is C14H17N3O2S. The van der Waals surface area contributed by atoms with Crippen LogP contribution in [0, 0.1) is 5.92 Å². The standard InChI is InChI=1S/C14H17N3O2S/c1-2-15-12(18)10-4-3-5-11(8-10)16-14(20)17-13(19)9-6-7-9/h3-5,8-9H,2,6-7H2,1H3,(H,15,18)(H2,16,17,19,20).